The Labute approximate surface area is 156 Å². The number of carbonyl (C=O) groups excluding carboxylic acids is 3. The predicted molar refractivity (Wildman–Crippen MR) is 98.6 cm³/mol. The van der Waals surface area contributed by atoms with Gasteiger partial charge in [0.25, 0.3) is 17.7 Å². The van der Waals surface area contributed by atoms with Gasteiger partial charge < -0.3 is 10.6 Å². The average molecular weight is 367 g/mol. The predicted octanol–water partition coefficient (Wildman–Crippen LogP) is 1.56. The zero-order valence-electron chi connectivity index (χ0n) is 15.3. The van der Waals surface area contributed by atoms with Crippen molar-refractivity contribution >= 4 is 23.5 Å². The Morgan fingerprint density at radius 2 is 2.04 bits per heavy atom. The van der Waals surface area contributed by atoms with Crippen LogP contribution < -0.4 is 10.6 Å². The van der Waals surface area contributed by atoms with Gasteiger partial charge in [-0.25, -0.2) is 0 Å². The Kier molecular flexibility index (Phi) is 4.27. The number of hydrogen-bond donors (Lipinski definition) is 3. The van der Waals surface area contributed by atoms with Gasteiger partial charge in [0.15, 0.2) is 5.82 Å². The molecular formula is C19H21N5O3. The van der Waals surface area contributed by atoms with Crippen molar-refractivity contribution in [2.45, 2.75) is 26.8 Å². The van der Waals surface area contributed by atoms with Crippen molar-refractivity contribution in [3.05, 3.63) is 46.1 Å². The number of imide groups is 1. The zero-order chi connectivity index (χ0) is 19.1. The van der Waals surface area contributed by atoms with Gasteiger partial charge in [-0.05, 0) is 24.1 Å². The molecule has 2 aliphatic rings. The number of H-pyrrole nitrogens is 1. The second kappa shape index (κ2) is 6.62. The molecule has 1 aromatic carbocycles. The smallest absolute Gasteiger partial charge is 0.261 e. The lowest BCUT2D eigenvalue weighted by Crippen LogP contribution is -2.33. The molecule has 0 radical (unpaired) electrons. The van der Waals surface area contributed by atoms with Gasteiger partial charge in [-0.2, -0.15) is 5.10 Å². The lowest BCUT2D eigenvalue weighted by Gasteiger charge is -2.15. The molecule has 3 amide bonds. The van der Waals surface area contributed by atoms with Crippen molar-refractivity contribution in [1.29, 1.82) is 0 Å². The number of aromatic nitrogens is 2. The summed E-state index contributed by atoms with van der Waals surface area (Å²) < 4.78 is 0. The summed E-state index contributed by atoms with van der Waals surface area (Å²) in [6, 6.07) is 4.60. The zero-order valence-corrected chi connectivity index (χ0v) is 15.3. The number of nitrogens with one attached hydrogen (secondary N) is 3. The third-order valence-electron chi connectivity index (χ3n) is 4.82. The van der Waals surface area contributed by atoms with Crippen LogP contribution in [0.1, 0.15) is 56.2 Å². The largest absolute Gasteiger partial charge is 0.312 e. The van der Waals surface area contributed by atoms with Crippen LogP contribution in [0.2, 0.25) is 0 Å². The average Bonchev–Trinajstić information content (AvgIpc) is 3.16. The minimum atomic E-state index is -0.361. The molecular weight excluding hydrogens is 346 g/mol. The number of anilines is 1. The lowest BCUT2D eigenvalue weighted by atomic mass is 10.0. The van der Waals surface area contributed by atoms with E-state index in [2.05, 4.69) is 20.8 Å². The highest BCUT2D eigenvalue weighted by atomic mass is 16.2. The molecule has 8 nitrogen and oxygen atoms in total. The van der Waals surface area contributed by atoms with Crippen LogP contribution in [0.25, 0.3) is 0 Å². The monoisotopic (exact) mass is 367 g/mol. The summed E-state index contributed by atoms with van der Waals surface area (Å²) in [5, 5.41) is 13.2. The summed E-state index contributed by atoms with van der Waals surface area (Å²) >= 11 is 0. The summed E-state index contributed by atoms with van der Waals surface area (Å²) in [7, 11) is 0. The fourth-order valence-corrected chi connectivity index (χ4v) is 3.47. The Hall–Kier alpha value is -3.00. The van der Waals surface area contributed by atoms with E-state index in [4.69, 9.17) is 0 Å². The molecule has 4 rings (SSSR count). The Balaban J connectivity index is 1.57. The van der Waals surface area contributed by atoms with Crippen LogP contribution >= 0.6 is 0 Å². The minimum Gasteiger partial charge on any atom is -0.312 e. The molecule has 0 bridgehead atoms. The topological polar surface area (TPSA) is 107 Å². The van der Waals surface area contributed by atoms with Crippen molar-refractivity contribution in [1.82, 2.24) is 20.4 Å². The molecule has 8 heteroatoms. The third-order valence-corrected chi connectivity index (χ3v) is 4.82. The molecule has 0 fully saturated rings. The maximum Gasteiger partial charge on any atom is 0.261 e. The van der Waals surface area contributed by atoms with Crippen LogP contribution in [-0.2, 0) is 13.0 Å². The van der Waals surface area contributed by atoms with Gasteiger partial charge in [0, 0.05) is 42.9 Å². The van der Waals surface area contributed by atoms with Crippen LogP contribution in [-0.4, -0.2) is 45.9 Å². The van der Waals surface area contributed by atoms with E-state index in [1.807, 2.05) is 13.8 Å². The normalized spacial score (nSPS) is 15.9. The fourth-order valence-electron chi connectivity index (χ4n) is 3.47. The van der Waals surface area contributed by atoms with Gasteiger partial charge in [0.1, 0.15) is 0 Å². The van der Waals surface area contributed by atoms with E-state index in [1.165, 1.54) is 11.0 Å². The Morgan fingerprint density at radius 3 is 2.81 bits per heavy atom. The van der Waals surface area contributed by atoms with Crippen molar-refractivity contribution in [3.63, 3.8) is 0 Å². The second-order valence-corrected chi connectivity index (χ2v) is 7.29. The SMILES string of the molecule is CC(C)CN1C(=O)c2ccc(C(=O)Nc3n[nH]c4c3CNCC4)cc2C1=O. The van der Waals surface area contributed by atoms with Gasteiger partial charge in [-0.1, -0.05) is 13.8 Å². The number of rotatable bonds is 4. The van der Waals surface area contributed by atoms with Crippen LogP contribution in [0.15, 0.2) is 18.2 Å². The van der Waals surface area contributed by atoms with E-state index in [-0.39, 0.29) is 29.2 Å². The highest BCUT2D eigenvalue weighted by Crippen LogP contribution is 2.26. The molecule has 0 unspecified atom stereocenters. The van der Waals surface area contributed by atoms with E-state index in [9.17, 15) is 14.4 Å². The van der Waals surface area contributed by atoms with E-state index in [0.717, 1.165) is 24.2 Å². The second-order valence-electron chi connectivity index (χ2n) is 7.29. The molecule has 2 aromatic rings. The highest BCUT2D eigenvalue weighted by molar-refractivity contribution is 6.22. The van der Waals surface area contributed by atoms with E-state index in [0.29, 0.717) is 30.0 Å². The quantitative estimate of drug-likeness (QED) is 0.711. The summed E-state index contributed by atoms with van der Waals surface area (Å²) in [6.45, 7) is 5.77. The molecule has 0 atom stereocenters. The van der Waals surface area contributed by atoms with Gasteiger partial charge in [-0.3, -0.25) is 24.4 Å². The van der Waals surface area contributed by atoms with Crippen LogP contribution in [0.3, 0.4) is 0 Å². The molecule has 0 spiro atoms. The third kappa shape index (κ3) is 3.02. The van der Waals surface area contributed by atoms with Crippen molar-refractivity contribution in [2.75, 3.05) is 18.4 Å². The first-order chi connectivity index (χ1) is 13.0. The Morgan fingerprint density at radius 1 is 1.26 bits per heavy atom. The molecule has 27 heavy (non-hydrogen) atoms. The summed E-state index contributed by atoms with van der Waals surface area (Å²) in [5.74, 6) is -0.344. The van der Waals surface area contributed by atoms with Crippen LogP contribution in [0, 0.1) is 5.92 Å². The van der Waals surface area contributed by atoms with E-state index >= 15 is 0 Å². The fraction of sp³-hybridized carbons (Fsp3) is 0.368. The number of aromatic amines is 1. The first-order valence-corrected chi connectivity index (χ1v) is 9.04. The van der Waals surface area contributed by atoms with Gasteiger partial charge in [0.05, 0.1) is 11.1 Å². The summed E-state index contributed by atoms with van der Waals surface area (Å²) in [4.78, 5) is 38.9. The number of benzene rings is 1. The lowest BCUT2D eigenvalue weighted by molar-refractivity contribution is 0.0636. The molecule has 3 heterocycles. The standard InChI is InChI=1S/C19H21N5O3/c1-10(2)9-24-18(26)12-4-3-11(7-13(12)19(24)27)17(25)21-16-14-8-20-6-5-15(14)22-23-16/h3-4,7,10,20H,5-6,8-9H2,1-2H3,(H2,21,22,23,25). The van der Waals surface area contributed by atoms with Crippen molar-refractivity contribution in [2.24, 2.45) is 5.92 Å². The molecule has 0 saturated carbocycles. The van der Waals surface area contributed by atoms with E-state index < -0.39 is 0 Å². The first kappa shape index (κ1) is 17.4. The molecule has 2 aliphatic heterocycles. The number of nitrogens with zero attached hydrogens (tertiary/aromatic N) is 2. The molecule has 3 N–H and O–H groups in total. The Bertz CT molecular complexity index is 947. The van der Waals surface area contributed by atoms with Gasteiger partial charge >= 0.3 is 0 Å². The summed E-state index contributed by atoms with van der Waals surface area (Å²) in [5.41, 5.74) is 2.91. The first-order valence-electron chi connectivity index (χ1n) is 9.04. The van der Waals surface area contributed by atoms with Crippen LogP contribution in [0.5, 0.6) is 0 Å². The maximum atomic E-state index is 12.6. The van der Waals surface area contributed by atoms with Gasteiger partial charge in [-0.15, -0.1) is 0 Å². The number of carbonyl (C=O) groups is 3. The minimum absolute atomic E-state index is 0.175. The molecule has 0 saturated heterocycles. The summed E-state index contributed by atoms with van der Waals surface area (Å²) in [6.07, 6.45) is 0.833. The number of hydrogen-bond acceptors (Lipinski definition) is 5. The molecule has 0 aliphatic carbocycles. The number of fused-ring (bicyclic) bond motifs is 2. The van der Waals surface area contributed by atoms with E-state index in [1.54, 1.807) is 12.1 Å². The van der Waals surface area contributed by atoms with Crippen LogP contribution in [0.4, 0.5) is 5.82 Å². The maximum absolute atomic E-state index is 12.6. The molecule has 1 aromatic heterocycles. The number of amides is 3. The van der Waals surface area contributed by atoms with Gasteiger partial charge in [0.2, 0.25) is 0 Å². The van der Waals surface area contributed by atoms with Crippen molar-refractivity contribution < 1.29 is 14.4 Å². The highest BCUT2D eigenvalue weighted by Gasteiger charge is 2.36. The van der Waals surface area contributed by atoms with Crippen molar-refractivity contribution in [3.8, 4) is 0 Å². The molecule has 140 valence electrons.